The molecule has 0 aliphatic heterocycles. The molecule has 1 fully saturated rings. The van der Waals surface area contributed by atoms with Crippen LogP contribution in [0.3, 0.4) is 0 Å². The van der Waals surface area contributed by atoms with Gasteiger partial charge in [0.15, 0.2) is 0 Å². The van der Waals surface area contributed by atoms with E-state index in [1.54, 1.807) is 17.8 Å². The second-order valence-electron chi connectivity index (χ2n) is 5.65. The zero-order chi connectivity index (χ0) is 15.7. The van der Waals surface area contributed by atoms with Gasteiger partial charge in [0.05, 0.1) is 11.3 Å². The van der Waals surface area contributed by atoms with Crippen LogP contribution in [0, 0.1) is 12.7 Å². The van der Waals surface area contributed by atoms with Gasteiger partial charge in [-0.2, -0.15) is 11.8 Å². The fourth-order valence-electron chi connectivity index (χ4n) is 2.73. The molecule has 0 radical (unpaired) electrons. The Hall–Kier alpha value is -1.69. The molecule has 0 atom stereocenters. The second kappa shape index (κ2) is 6.20. The monoisotopic (exact) mass is 320 g/mol. The number of hydrogen-bond donors (Lipinski definition) is 1. The highest BCUT2D eigenvalue weighted by Crippen LogP contribution is 2.28. The molecule has 1 N–H and O–H groups in total. The molecule has 2 aromatic rings. The lowest BCUT2D eigenvalue weighted by Crippen LogP contribution is -2.17. The van der Waals surface area contributed by atoms with Gasteiger partial charge in [0.1, 0.15) is 22.8 Å². The van der Waals surface area contributed by atoms with Crippen LogP contribution < -0.4 is 5.56 Å². The Morgan fingerprint density at radius 3 is 2.77 bits per heavy atom. The van der Waals surface area contributed by atoms with Crippen molar-refractivity contribution in [3.63, 3.8) is 0 Å². The van der Waals surface area contributed by atoms with Crippen molar-refractivity contribution in [2.24, 2.45) is 0 Å². The van der Waals surface area contributed by atoms with Gasteiger partial charge < -0.3 is 4.98 Å². The predicted octanol–water partition coefficient (Wildman–Crippen LogP) is 3.12. The zero-order valence-corrected chi connectivity index (χ0v) is 13.1. The number of aryl methyl sites for hydroxylation is 1. The Morgan fingerprint density at radius 2 is 2.05 bits per heavy atom. The first kappa shape index (κ1) is 15.2. The first-order valence-corrected chi connectivity index (χ1v) is 8.41. The molecule has 22 heavy (non-hydrogen) atoms. The van der Waals surface area contributed by atoms with Gasteiger partial charge in [-0.05, 0) is 31.4 Å². The van der Waals surface area contributed by atoms with E-state index in [9.17, 15) is 14.0 Å². The van der Waals surface area contributed by atoms with Crippen LogP contribution in [0.2, 0.25) is 0 Å². The summed E-state index contributed by atoms with van der Waals surface area (Å²) in [7, 11) is 0. The molecular weight excluding hydrogens is 303 g/mol. The number of halogens is 1. The summed E-state index contributed by atoms with van der Waals surface area (Å²) in [6, 6.07) is 2.93. The number of Topliss-reactive ketones (excluding diaryl/α,β-unsaturated/α-hetero) is 1. The van der Waals surface area contributed by atoms with E-state index in [4.69, 9.17) is 0 Å². The van der Waals surface area contributed by atoms with E-state index in [0.29, 0.717) is 41.0 Å². The van der Waals surface area contributed by atoms with E-state index in [1.165, 1.54) is 6.07 Å². The fourth-order valence-corrected chi connectivity index (χ4v) is 3.83. The van der Waals surface area contributed by atoms with Crippen molar-refractivity contribution in [1.29, 1.82) is 0 Å². The number of rotatable bonds is 3. The molecule has 1 aromatic carbocycles. The highest BCUT2D eigenvalue weighted by atomic mass is 32.2. The maximum absolute atomic E-state index is 13.8. The maximum atomic E-state index is 13.8. The number of H-pyrrole nitrogens is 1. The van der Waals surface area contributed by atoms with Gasteiger partial charge in [-0.3, -0.25) is 9.59 Å². The molecule has 6 heteroatoms. The van der Waals surface area contributed by atoms with Crippen molar-refractivity contribution < 1.29 is 9.18 Å². The molecule has 0 bridgehead atoms. The number of aromatic amines is 1. The SMILES string of the molecule is Cc1ccc(F)c2c(=O)[nH]c(CSC3CCC(=O)CC3)nc12. The van der Waals surface area contributed by atoms with Gasteiger partial charge in [-0.1, -0.05) is 6.07 Å². The fraction of sp³-hybridized carbons (Fsp3) is 0.438. The molecule has 3 rings (SSSR count). The van der Waals surface area contributed by atoms with Crippen molar-refractivity contribution in [1.82, 2.24) is 9.97 Å². The number of nitrogens with zero attached hydrogens (tertiary/aromatic N) is 1. The van der Waals surface area contributed by atoms with Gasteiger partial charge in [0.2, 0.25) is 0 Å². The van der Waals surface area contributed by atoms with Crippen LogP contribution in [0.4, 0.5) is 4.39 Å². The summed E-state index contributed by atoms with van der Waals surface area (Å²) in [4.78, 5) is 30.4. The lowest BCUT2D eigenvalue weighted by molar-refractivity contribution is -0.120. The summed E-state index contributed by atoms with van der Waals surface area (Å²) in [6.45, 7) is 1.82. The van der Waals surface area contributed by atoms with Crippen molar-refractivity contribution in [3.05, 3.63) is 39.7 Å². The topological polar surface area (TPSA) is 62.8 Å². The Balaban J connectivity index is 1.82. The summed E-state index contributed by atoms with van der Waals surface area (Å²) in [5.74, 6) is 0.924. The van der Waals surface area contributed by atoms with E-state index in [-0.39, 0.29) is 5.39 Å². The summed E-state index contributed by atoms with van der Waals surface area (Å²) in [5.41, 5.74) is 0.788. The number of carbonyl (C=O) groups is 1. The van der Waals surface area contributed by atoms with Crippen LogP contribution in [0.15, 0.2) is 16.9 Å². The number of carbonyl (C=O) groups excluding carboxylic acids is 1. The largest absolute Gasteiger partial charge is 0.309 e. The number of ketones is 1. The normalized spacial score (nSPS) is 16.4. The average Bonchev–Trinajstić information content (AvgIpc) is 2.50. The predicted molar refractivity (Wildman–Crippen MR) is 85.6 cm³/mol. The molecular formula is C16H17FN2O2S. The summed E-state index contributed by atoms with van der Waals surface area (Å²) in [5, 5.41) is 0.448. The molecule has 0 amide bonds. The summed E-state index contributed by atoms with van der Waals surface area (Å²) < 4.78 is 13.8. The third-order valence-corrected chi connectivity index (χ3v) is 5.39. The van der Waals surface area contributed by atoms with Crippen LogP contribution in [0.1, 0.15) is 37.1 Å². The third-order valence-electron chi connectivity index (χ3n) is 4.01. The van der Waals surface area contributed by atoms with Crippen molar-refractivity contribution >= 4 is 28.4 Å². The van der Waals surface area contributed by atoms with Gasteiger partial charge in [0, 0.05) is 18.1 Å². The van der Waals surface area contributed by atoms with Crippen molar-refractivity contribution in [2.75, 3.05) is 0 Å². The van der Waals surface area contributed by atoms with E-state index < -0.39 is 11.4 Å². The quantitative estimate of drug-likeness (QED) is 0.944. The molecule has 4 nitrogen and oxygen atoms in total. The van der Waals surface area contributed by atoms with Crippen LogP contribution in [0.25, 0.3) is 10.9 Å². The number of aromatic nitrogens is 2. The third kappa shape index (κ3) is 3.06. The Morgan fingerprint density at radius 1 is 1.32 bits per heavy atom. The Kier molecular flexibility index (Phi) is 4.29. The van der Waals surface area contributed by atoms with E-state index in [2.05, 4.69) is 9.97 Å². The second-order valence-corrected chi connectivity index (χ2v) is 6.94. The lowest BCUT2D eigenvalue weighted by Gasteiger charge is -2.20. The number of benzene rings is 1. The minimum absolute atomic E-state index is 0.0250. The smallest absolute Gasteiger partial charge is 0.261 e. The van der Waals surface area contributed by atoms with Crippen LogP contribution in [-0.4, -0.2) is 21.0 Å². The van der Waals surface area contributed by atoms with E-state index >= 15 is 0 Å². The average molecular weight is 320 g/mol. The van der Waals surface area contributed by atoms with Gasteiger partial charge in [-0.15, -0.1) is 0 Å². The minimum atomic E-state index is -0.542. The van der Waals surface area contributed by atoms with Gasteiger partial charge >= 0.3 is 0 Å². The Labute approximate surface area is 131 Å². The number of hydrogen-bond acceptors (Lipinski definition) is 4. The molecule has 1 aliphatic carbocycles. The highest BCUT2D eigenvalue weighted by molar-refractivity contribution is 7.99. The zero-order valence-electron chi connectivity index (χ0n) is 12.3. The Bertz CT molecular complexity index is 778. The lowest BCUT2D eigenvalue weighted by atomic mass is 9.99. The van der Waals surface area contributed by atoms with Gasteiger partial charge in [-0.25, -0.2) is 9.37 Å². The van der Waals surface area contributed by atoms with Crippen LogP contribution in [0.5, 0.6) is 0 Å². The summed E-state index contributed by atoms with van der Waals surface area (Å²) in [6.07, 6.45) is 3.05. The van der Waals surface area contributed by atoms with Crippen LogP contribution in [-0.2, 0) is 10.5 Å². The van der Waals surface area contributed by atoms with Crippen molar-refractivity contribution in [3.8, 4) is 0 Å². The molecule has 1 aliphatic rings. The highest BCUT2D eigenvalue weighted by Gasteiger charge is 2.19. The van der Waals surface area contributed by atoms with E-state index in [1.807, 2.05) is 6.92 Å². The standard InChI is InChI=1S/C16H17FN2O2S/c1-9-2-7-12(17)14-15(9)18-13(19-16(14)21)8-22-11-5-3-10(20)4-6-11/h2,7,11H,3-6,8H2,1H3,(H,18,19,21). The number of nitrogens with one attached hydrogen (secondary N) is 1. The molecule has 0 spiro atoms. The number of thioether (sulfide) groups is 1. The minimum Gasteiger partial charge on any atom is -0.309 e. The molecule has 1 saturated carbocycles. The van der Waals surface area contributed by atoms with Crippen LogP contribution >= 0.6 is 11.8 Å². The van der Waals surface area contributed by atoms with Crippen molar-refractivity contribution in [2.45, 2.75) is 43.6 Å². The summed E-state index contributed by atoms with van der Waals surface area (Å²) >= 11 is 1.70. The van der Waals surface area contributed by atoms with E-state index in [0.717, 1.165) is 18.4 Å². The molecule has 1 aromatic heterocycles. The molecule has 0 saturated heterocycles. The molecule has 116 valence electrons. The first-order chi connectivity index (χ1) is 10.5. The molecule has 0 unspecified atom stereocenters. The first-order valence-electron chi connectivity index (χ1n) is 7.36. The number of fused-ring (bicyclic) bond motifs is 1. The molecule has 1 heterocycles. The van der Waals surface area contributed by atoms with Gasteiger partial charge in [0.25, 0.3) is 5.56 Å². The maximum Gasteiger partial charge on any atom is 0.261 e.